The number of halogens is 2. The van der Waals surface area contributed by atoms with Gasteiger partial charge in [0.1, 0.15) is 11.6 Å². The predicted octanol–water partition coefficient (Wildman–Crippen LogP) is 5.06. The van der Waals surface area contributed by atoms with Gasteiger partial charge in [-0.25, -0.2) is 4.39 Å². The van der Waals surface area contributed by atoms with Gasteiger partial charge in [-0.05, 0) is 36.6 Å². The predicted molar refractivity (Wildman–Crippen MR) is 78.6 cm³/mol. The molecule has 0 unspecified atom stereocenters. The van der Waals surface area contributed by atoms with Crippen LogP contribution in [0.2, 0.25) is 0 Å². The van der Waals surface area contributed by atoms with E-state index in [1.54, 1.807) is 0 Å². The van der Waals surface area contributed by atoms with Crippen LogP contribution in [0.1, 0.15) is 50.5 Å². The highest BCUT2D eigenvalue weighted by Crippen LogP contribution is 2.25. The van der Waals surface area contributed by atoms with Crippen molar-refractivity contribution < 1.29 is 9.18 Å². The van der Waals surface area contributed by atoms with Gasteiger partial charge in [-0.3, -0.25) is 4.79 Å². The van der Waals surface area contributed by atoms with Gasteiger partial charge < -0.3 is 0 Å². The van der Waals surface area contributed by atoms with Gasteiger partial charge in [-0.15, -0.1) is 0 Å². The molecule has 1 aliphatic rings. The van der Waals surface area contributed by atoms with Gasteiger partial charge >= 0.3 is 0 Å². The molecule has 1 aromatic rings. The highest BCUT2D eigenvalue weighted by molar-refractivity contribution is 9.10. The van der Waals surface area contributed by atoms with Gasteiger partial charge in [0.05, 0.1) is 0 Å². The van der Waals surface area contributed by atoms with Gasteiger partial charge in [-0.1, -0.05) is 48.0 Å². The van der Waals surface area contributed by atoms with E-state index in [0.717, 1.165) is 31.2 Å². The number of carbonyl (C=O) groups excluding carboxylic acids is 1. The van der Waals surface area contributed by atoms with Crippen molar-refractivity contribution in [3.05, 3.63) is 34.1 Å². The maximum Gasteiger partial charge on any atom is 0.140 e. The van der Waals surface area contributed by atoms with Crippen molar-refractivity contribution >= 4 is 21.7 Å². The van der Waals surface area contributed by atoms with E-state index < -0.39 is 0 Å². The van der Waals surface area contributed by atoms with E-state index in [2.05, 4.69) is 15.9 Å². The monoisotopic (exact) mass is 326 g/mol. The Bertz CT molecular complexity index is 416. The molecule has 1 nitrogen and oxygen atoms in total. The van der Waals surface area contributed by atoms with Crippen LogP contribution >= 0.6 is 15.9 Å². The van der Waals surface area contributed by atoms with Crippen LogP contribution in [0.25, 0.3) is 0 Å². The van der Waals surface area contributed by atoms with E-state index in [9.17, 15) is 9.18 Å². The molecule has 0 N–H and O–H groups in total. The molecule has 19 heavy (non-hydrogen) atoms. The third-order valence-corrected chi connectivity index (χ3v) is 4.32. The maximum atomic E-state index is 13.3. The lowest BCUT2D eigenvalue weighted by molar-refractivity contribution is -0.122. The average Bonchev–Trinajstić information content (AvgIpc) is 2.26. The second kappa shape index (κ2) is 7.18. The molecular weight excluding hydrogens is 307 g/mol. The molecule has 0 saturated heterocycles. The Hall–Kier alpha value is -0.700. The Morgan fingerprint density at radius 1 is 1.11 bits per heavy atom. The highest BCUT2D eigenvalue weighted by atomic mass is 79.9. The van der Waals surface area contributed by atoms with Gasteiger partial charge in [-0.2, -0.15) is 0 Å². The molecule has 0 heterocycles. The minimum Gasteiger partial charge on any atom is -0.299 e. The van der Waals surface area contributed by atoms with E-state index in [1.165, 1.54) is 31.4 Å². The molecule has 0 aliphatic heterocycles. The molecule has 0 amide bonds. The summed E-state index contributed by atoms with van der Waals surface area (Å²) in [5.41, 5.74) is 0.777. The molecule has 0 bridgehead atoms. The van der Waals surface area contributed by atoms with Crippen LogP contribution in [0.15, 0.2) is 22.7 Å². The van der Waals surface area contributed by atoms with Gasteiger partial charge in [0.15, 0.2) is 0 Å². The Balaban J connectivity index is 1.98. The number of rotatable bonds is 3. The van der Waals surface area contributed by atoms with Crippen molar-refractivity contribution in [2.24, 2.45) is 5.92 Å². The minimum absolute atomic E-state index is 0.183. The van der Waals surface area contributed by atoms with Crippen molar-refractivity contribution in [3.63, 3.8) is 0 Å². The summed E-state index contributed by atoms with van der Waals surface area (Å²) in [5, 5.41) is 0. The van der Waals surface area contributed by atoms with Gasteiger partial charge in [0, 0.05) is 16.8 Å². The first kappa shape index (κ1) is 14.7. The quantitative estimate of drug-likeness (QED) is 0.758. The molecule has 1 saturated carbocycles. The lowest BCUT2D eigenvalue weighted by Gasteiger charge is -2.18. The number of carbonyl (C=O) groups is 1. The van der Waals surface area contributed by atoms with E-state index in [4.69, 9.17) is 0 Å². The lowest BCUT2D eigenvalue weighted by atomic mass is 9.86. The molecule has 0 atom stereocenters. The number of Topliss-reactive ketones (excluding diaryl/α,β-unsaturated/α-hetero) is 1. The third kappa shape index (κ3) is 4.72. The van der Waals surface area contributed by atoms with Crippen molar-refractivity contribution in [2.75, 3.05) is 0 Å². The van der Waals surface area contributed by atoms with Crippen molar-refractivity contribution in [1.82, 2.24) is 0 Å². The molecule has 3 heteroatoms. The zero-order valence-corrected chi connectivity index (χ0v) is 12.7. The zero-order valence-electron chi connectivity index (χ0n) is 11.1. The Morgan fingerprint density at radius 2 is 1.74 bits per heavy atom. The normalized spacial score (nSPS) is 17.8. The van der Waals surface area contributed by atoms with Gasteiger partial charge in [0.2, 0.25) is 0 Å². The summed E-state index contributed by atoms with van der Waals surface area (Å²) in [5.74, 6) is 0.177. The second-order valence-corrected chi connectivity index (χ2v) is 6.38. The number of ketones is 1. The van der Waals surface area contributed by atoms with Crippen molar-refractivity contribution in [2.45, 2.75) is 51.4 Å². The van der Waals surface area contributed by atoms with Crippen molar-refractivity contribution in [3.8, 4) is 0 Å². The summed E-state index contributed by atoms with van der Waals surface area (Å²) < 4.78 is 14.0. The molecule has 1 aliphatic carbocycles. The first-order valence-corrected chi connectivity index (χ1v) is 7.92. The molecular formula is C16H20BrFO. The zero-order chi connectivity index (χ0) is 13.7. The Morgan fingerprint density at radius 3 is 2.37 bits per heavy atom. The molecule has 0 spiro atoms. The summed E-state index contributed by atoms with van der Waals surface area (Å²) in [6.45, 7) is 0. The van der Waals surface area contributed by atoms with E-state index >= 15 is 0 Å². The third-order valence-electron chi connectivity index (χ3n) is 3.86. The van der Waals surface area contributed by atoms with E-state index in [0.29, 0.717) is 10.9 Å². The molecule has 0 aromatic heterocycles. The smallest absolute Gasteiger partial charge is 0.140 e. The highest BCUT2D eigenvalue weighted by Gasteiger charge is 2.19. The fourth-order valence-electron chi connectivity index (χ4n) is 2.84. The largest absolute Gasteiger partial charge is 0.299 e. The minimum atomic E-state index is -0.283. The first-order chi connectivity index (χ1) is 9.15. The maximum absolute atomic E-state index is 13.3. The van der Waals surface area contributed by atoms with Crippen LogP contribution in [0.3, 0.4) is 0 Å². The number of hydrogen-bond donors (Lipinski definition) is 0. The first-order valence-electron chi connectivity index (χ1n) is 7.13. The topological polar surface area (TPSA) is 17.1 Å². The summed E-state index contributed by atoms with van der Waals surface area (Å²) >= 11 is 3.27. The van der Waals surface area contributed by atoms with Crippen LogP contribution in [0, 0.1) is 11.7 Å². The fourth-order valence-corrected chi connectivity index (χ4v) is 3.35. The second-order valence-electron chi connectivity index (χ2n) is 5.46. The van der Waals surface area contributed by atoms with Crippen molar-refractivity contribution in [1.29, 1.82) is 0 Å². The Labute approximate surface area is 122 Å². The molecule has 1 fully saturated rings. The van der Waals surface area contributed by atoms with Gasteiger partial charge in [0.25, 0.3) is 0 Å². The van der Waals surface area contributed by atoms with E-state index in [-0.39, 0.29) is 17.5 Å². The molecule has 1 aromatic carbocycles. The summed E-state index contributed by atoms with van der Waals surface area (Å²) in [6.07, 6.45) is 8.49. The SMILES string of the molecule is O=C(Cc1cc(F)cc(Br)c1)C1CCCCCCC1. The number of hydrogen-bond acceptors (Lipinski definition) is 1. The molecule has 2 rings (SSSR count). The van der Waals surface area contributed by atoms with E-state index in [1.807, 2.05) is 6.07 Å². The van der Waals surface area contributed by atoms with Crippen LogP contribution < -0.4 is 0 Å². The summed E-state index contributed by atoms with van der Waals surface area (Å²) in [4.78, 5) is 12.3. The lowest BCUT2D eigenvalue weighted by Crippen LogP contribution is -2.18. The van der Waals surface area contributed by atoms with Crippen LogP contribution in [-0.4, -0.2) is 5.78 Å². The molecule has 104 valence electrons. The van der Waals surface area contributed by atoms with Crippen LogP contribution in [0.5, 0.6) is 0 Å². The van der Waals surface area contributed by atoms with Crippen LogP contribution in [0.4, 0.5) is 4.39 Å². The number of benzene rings is 1. The average molecular weight is 327 g/mol. The Kier molecular flexibility index (Phi) is 5.56. The summed E-state index contributed by atoms with van der Waals surface area (Å²) in [6, 6.07) is 4.72. The van der Waals surface area contributed by atoms with Crippen LogP contribution in [-0.2, 0) is 11.2 Å². The fraction of sp³-hybridized carbons (Fsp3) is 0.562. The summed E-state index contributed by atoms with van der Waals surface area (Å²) in [7, 11) is 0. The standard InChI is InChI=1S/C16H20BrFO/c17-14-8-12(9-15(18)11-14)10-16(19)13-6-4-2-1-3-5-7-13/h8-9,11,13H,1-7,10H2. The molecule has 0 radical (unpaired) electrons.